The van der Waals surface area contributed by atoms with Gasteiger partial charge >= 0.3 is 0 Å². The van der Waals surface area contributed by atoms with Gasteiger partial charge in [0.25, 0.3) is 0 Å². The molecule has 0 aromatic heterocycles. The van der Waals surface area contributed by atoms with E-state index in [2.05, 4.69) is 43.2 Å². The first-order valence-corrected chi connectivity index (χ1v) is 7.76. The number of nitriles is 1. The number of benzene rings is 1. The van der Waals surface area contributed by atoms with E-state index in [1.807, 2.05) is 6.92 Å². The van der Waals surface area contributed by atoms with Crippen molar-refractivity contribution in [1.82, 2.24) is 0 Å². The van der Waals surface area contributed by atoms with Gasteiger partial charge in [-0.25, -0.2) is 0 Å². The summed E-state index contributed by atoms with van der Waals surface area (Å²) in [5, 5.41) is 12.1. The summed E-state index contributed by atoms with van der Waals surface area (Å²) < 4.78 is 6.73. The van der Waals surface area contributed by atoms with Gasteiger partial charge in [0.1, 0.15) is 11.2 Å². The van der Waals surface area contributed by atoms with Gasteiger partial charge in [-0.1, -0.05) is 6.92 Å². The van der Waals surface area contributed by atoms with Crippen LogP contribution in [0.2, 0.25) is 0 Å². The van der Waals surface area contributed by atoms with E-state index in [1.165, 1.54) is 0 Å². The van der Waals surface area contributed by atoms with E-state index in [-0.39, 0.29) is 5.91 Å². The first-order chi connectivity index (χ1) is 9.41. The number of carbonyl (C=O) groups is 1. The molecule has 0 unspecified atom stereocenters. The average molecular weight is 402 g/mol. The van der Waals surface area contributed by atoms with Crippen LogP contribution >= 0.6 is 31.9 Å². The van der Waals surface area contributed by atoms with Crippen LogP contribution in [0.4, 0.5) is 5.69 Å². The molecule has 20 heavy (non-hydrogen) atoms. The summed E-state index contributed by atoms with van der Waals surface area (Å²) in [6.45, 7) is 2.04. The summed E-state index contributed by atoms with van der Waals surface area (Å²) >= 11 is 6.77. The van der Waals surface area contributed by atoms with Crippen LogP contribution < -0.4 is 10.1 Å². The minimum absolute atomic E-state index is 0.247. The Kier molecular flexibility index (Phi) is 4.40. The monoisotopic (exact) mass is 400 g/mol. The molecule has 4 nitrogen and oxygen atoms in total. The predicted molar refractivity (Wildman–Crippen MR) is 83.5 cm³/mol. The SMILES string of the molecule is COc1cc(NC(=O)C2(C#N)CC(C)C2)c(Br)cc1Br. The molecule has 1 N–H and O–H groups in total. The summed E-state index contributed by atoms with van der Waals surface area (Å²) in [4.78, 5) is 12.3. The van der Waals surface area contributed by atoms with Crippen LogP contribution in [0, 0.1) is 22.7 Å². The molecule has 6 heteroatoms. The standard InChI is InChI=1S/C14H14Br2N2O2/c1-8-5-14(6-8,7-17)13(19)18-11-4-12(20-2)10(16)3-9(11)15/h3-4,8H,5-6H2,1-2H3,(H,18,19). The summed E-state index contributed by atoms with van der Waals surface area (Å²) in [5.41, 5.74) is -0.289. The third-order valence-corrected chi connectivity index (χ3v) is 4.81. The molecule has 0 heterocycles. The fraction of sp³-hybridized carbons (Fsp3) is 0.429. The Bertz CT molecular complexity index is 590. The number of hydrogen-bond acceptors (Lipinski definition) is 3. The number of ether oxygens (including phenoxy) is 1. The highest BCUT2D eigenvalue weighted by atomic mass is 79.9. The number of nitrogens with zero attached hydrogens (tertiary/aromatic N) is 1. The van der Waals surface area contributed by atoms with E-state index in [4.69, 9.17) is 4.74 Å². The third-order valence-electron chi connectivity index (χ3n) is 3.53. The van der Waals surface area contributed by atoms with Gasteiger partial charge in [0.05, 0.1) is 23.3 Å². The van der Waals surface area contributed by atoms with Crippen molar-refractivity contribution in [2.24, 2.45) is 11.3 Å². The molecule has 1 aromatic rings. The molecule has 0 spiro atoms. The maximum Gasteiger partial charge on any atom is 0.244 e. The van der Waals surface area contributed by atoms with E-state index in [9.17, 15) is 10.1 Å². The molecule has 0 saturated heterocycles. The molecule has 106 valence electrons. The van der Waals surface area contributed by atoms with Crippen molar-refractivity contribution in [1.29, 1.82) is 5.26 Å². The van der Waals surface area contributed by atoms with Crippen LogP contribution in [0.1, 0.15) is 19.8 Å². The molecule has 1 saturated carbocycles. The molecular formula is C14H14Br2N2O2. The van der Waals surface area contributed by atoms with Gasteiger partial charge in [-0.15, -0.1) is 0 Å². The topological polar surface area (TPSA) is 62.1 Å². The lowest BCUT2D eigenvalue weighted by molar-refractivity contribution is -0.128. The van der Waals surface area contributed by atoms with Crippen molar-refractivity contribution in [3.8, 4) is 11.8 Å². The molecule has 1 aliphatic carbocycles. The highest BCUT2D eigenvalue weighted by molar-refractivity contribution is 9.11. The minimum Gasteiger partial charge on any atom is -0.495 e. The average Bonchev–Trinajstić information content (AvgIpc) is 2.37. The Morgan fingerprint density at radius 1 is 1.45 bits per heavy atom. The number of nitrogens with one attached hydrogen (secondary N) is 1. The fourth-order valence-corrected chi connectivity index (χ4v) is 3.74. The van der Waals surface area contributed by atoms with Crippen molar-refractivity contribution in [3.63, 3.8) is 0 Å². The maximum absolute atomic E-state index is 12.3. The van der Waals surface area contributed by atoms with E-state index >= 15 is 0 Å². The summed E-state index contributed by atoms with van der Waals surface area (Å²) in [6.07, 6.45) is 1.22. The normalized spacial score (nSPS) is 24.4. The van der Waals surface area contributed by atoms with Gasteiger partial charge in [-0.05, 0) is 56.7 Å². The van der Waals surface area contributed by atoms with Crippen molar-refractivity contribution in [3.05, 3.63) is 21.1 Å². The second kappa shape index (κ2) is 5.74. The first kappa shape index (κ1) is 15.3. The number of halogens is 2. The van der Waals surface area contributed by atoms with E-state index in [0.717, 1.165) is 8.95 Å². The smallest absolute Gasteiger partial charge is 0.244 e. The van der Waals surface area contributed by atoms with Crippen molar-refractivity contribution in [2.75, 3.05) is 12.4 Å². The highest BCUT2D eigenvalue weighted by Gasteiger charge is 2.49. The zero-order valence-electron chi connectivity index (χ0n) is 11.2. The van der Waals surface area contributed by atoms with Crippen molar-refractivity contribution in [2.45, 2.75) is 19.8 Å². The Morgan fingerprint density at radius 2 is 2.10 bits per heavy atom. The van der Waals surface area contributed by atoms with Crippen molar-refractivity contribution >= 4 is 43.5 Å². The van der Waals surface area contributed by atoms with Crippen LogP contribution in [0.5, 0.6) is 5.75 Å². The number of hydrogen-bond donors (Lipinski definition) is 1. The molecule has 0 radical (unpaired) electrons. The van der Waals surface area contributed by atoms with Gasteiger partial charge in [-0.2, -0.15) is 5.26 Å². The third kappa shape index (κ3) is 2.70. The van der Waals surface area contributed by atoms with Gasteiger partial charge in [0, 0.05) is 10.5 Å². The molecule has 1 fully saturated rings. The molecule has 1 amide bonds. The molecule has 1 aliphatic rings. The Labute approximate surface area is 134 Å². The Morgan fingerprint density at radius 3 is 2.60 bits per heavy atom. The number of carbonyl (C=O) groups excluding carboxylic acids is 1. The van der Waals surface area contributed by atoms with Crippen LogP contribution in [-0.4, -0.2) is 13.0 Å². The summed E-state index contributed by atoms with van der Waals surface area (Å²) in [5.74, 6) is 0.794. The summed E-state index contributed by atoms with van der Waals surface area (Å²) in [6, 6.07) is 5.68. The van der Waals surface area contributed by atoms with E-state index in [1.54, 1.807) is 19.2 Å². The van der Waals surface area contributed by atoms with Gasteiger partial charge in [0.15, 0.2) is 0 Å². The van der Waals surface area contributed by atoms with Crippen LogP contribution in [0.25, 0.3) is 0 Å². The lowest BCUT2D eigenvalue weighted by atomic mass is 9.63. The van der Waals surface area contributed by atoms with Crippen LogP contribution in [-0.2, 0) is 4.79 Å². The maximum atomic E-state index is 12.3. The zero-order valence-corrected chi connectivity index (χ0v) is 14.3. The van der Waals surface area contributed by atoms with Gasteiger partial charge in [-0.3, -0.25) is 4.79 Å². The highest BCUT2D eigenvalue weighted by Crippen LogP contribution is 2.46. The van der Waals surface area contributed by atoms with E-state index < -0.39 is 5.41 Å². The zero-order chi connectivity index (χ0) is 14.9. The number of anilines is 1. The fourth-order valence-electron chi connectivity index (χ4n) is 2.48. The summed E-state index contributed by atoms with van der Waals surface area (Å²) in [7, 11) is 1.56. The lowest BCUT2D eigenvalue weighted by Crippen LogP contribution is -2.45. The second-order valence-electron chi connectivity index (χ2n) is 5.13. The first-order valence-electron chi connectivity index (χ1n) is 6.17. The number of amides is 1. The molecule has 0 bridgehead atoms. The Hall–Kier alpha value is -1.06. The van der Waals surface area contributed by atoms with Crippen LogP contribution in [0.3, 0.4) is 0 Å². The molecule has 0 aliphatic heterocycles. The Balaban J connectivity index is 2.22. The number of rotatable bonds is 3. The largest absolute Gasteiger partial charge is 0.495 e. The molecule has 1 aromatic carbocycles. The molecule has 2 rings (SSSR count). The van der Waals surface area contributed by atoms with Gasteiger partial charge in [0.2, 0.25) is 5.91 Å². The molecule has 0 atom stereocenters. The molecular weight excluding hydrogens is 388 g/mol. The van der Waals surface area contributed by atoms with Crippen LogP contribution in [0.15, 0.2) is 21.1 Å². The van der Waals surface area contributed by atoms with Gasteiger partial charge < -0.3 is 10.1 Å². The quantitative estimate of drug-likeness (QED) is 0.829. The second-order valence-corrected chi connectivity index (χ2v) is 6.84. The minimum atomic E-state index is -0.890. The predicted octanol–water partition coefficient (Wildman–Crippen LogP) is 4.10. The van der Waals surface area contributed by atoms with Crippen molar-refractivity contribution < 1.29 is 9.53 Å². The van der Waals surface area contributed by atoms with E-state index in [0.29, 0.717) is 30.2 Å². The number of methoxy groups -OCH3 is 1. The lowest BCUT2D eigenvalue weighted by Gasteiger charge is -2.39.